The fourth-order valence-electron chi connectivity index (χ4n) is 3.02. The zero-order valence-electron chi connectivity index (χ0n) is 13.9. The highest BCUT2D eigenvalue weighted by atomic mass is 14.9. The highest BCUT2D eigenvalue weighted by Gasteiger charge is 2.11. The van der Waals surface area contributed by atoms with Crippen LogP contribution in [0.4, 0.5) is 0 Å². The number of nitrogens with zero attached hydrogens (tertiary/aromatic N) is 2. The maximum Gasteiger partial charge on any atom is 0.130 e. The van der Waals surface area contributed by atoms with E-state index in [0.29, 0.717) is 18.4 Å². The number of hydrogen-bond acceptors (Lipinski definition) is 3. The molecule has 1 aromatic heterocycles. The van der Waals surface area contributed by atoms with Gasteiger partial charge in [-0.05, 0) is 36.1 Å². The van der Waals surface area contributed by atoms with E-state index in [1.807, 2.05) is 42.6 Å². The lowest BCUT2D eigenvalue weighted by Gasteiger charge is -2.17. The number of aromatic amines is 1. The molecule has 5 N–H and O–H groups in total. The maximum atomic E-state index is 6.01. The van der Waals surface area contributed by atoms with Crippen LogP contribution < -0.4 is 11.5 Å². The Morgan fingerprint density at radius 2 is 1.96 bits per heavy atom. The average Bonchev–Trinajstić information content (AvgIpc) is 3.10. The lowest BCUT2D eigenvalue weighted by atomic mass is 9.96. The first kappa shape index (κ1) is 16.5. The van der Waals surface area contributed by atoms with Crippen molar-refractivity contribution in [3.63, 3.8) is 0 Å². The first-order chi connectivity index (χ1) is 11.7. The van der Waals surface area contributed by atoms with Gasteiger partial charge in [0.05, 0.1) is 17.9 Å². The highest BCUT2D eigenvalue weighted by Crippen LogP contribution is 2.20. The van der Waals surface area contributed by atoms with Gasteiger partial charge in [0, 0.05) is 6.54 Å². The number of amidine groups is 1. The molecule has 126 valence electrons. The molecule has 1 heterocycles. The molecule has 0 amide bonds. The van der Waals surface area contributed by atoms with Crippen LogP contribution in [0.15, 0.2) is 41.5 Å². The first-order valence-electron chi connectivity index (χ1n) is 8.60. The fraction of sp³-hybridized carbons (Fsp3) is 0.368. The van der Waals surface area contributed by atoms with E-state index < -0.39 is 0 Å². The van der Waals surface area contributed by atoms with Crippen LogP contribution in [0.5, 0.6) is 0 Å². The molecule has 1 fully saturated rings. The van der Waals surface area contributed by atoms with E-state index in [1.165, 1.54) is 19.3 Å². The Morgan fingerprint density at radius 3 is 2.67 bits per heavy atom. The van der Waals surface area contributed by atoms with Crippen LogP contribution in [0.3, 0.4) is 0 Å². The van der Waals surface area contributed by atoms with E-state index in [9.17, 15) is 0 Å². The van der Waals surface area contributed by atoms with Crippen LogP contribution in [-0.4, -0.2) is 21.8 Å². The Balaban J connectivity index is 1.65. The summed E-state index contributed by atoms with van der Waals surface area (Å²) in [6.07, 6.45) is 11.7. The minimum atomic E-state index is 0.386. The molecule has 1 aliphatic carbocycles. The average molecular weight is 323 g/mol. The summed E-state index contributed by atoms with van der Waals surface area (Å²) in [5.74, 6) is 1.35. The SMILES string of the molecule is NCc1ccc(-c2cnc(/C=C\C(N)=NC3CCCCC3)[nH]2)cc1. The van der Waals surface area contributed by atoms with Gasteiger partial charge in [0.1, 0.15) is 11.7 Å². The van der Waals surface area contributed by atoms with E-state index >= 15 is 0 Å². The van der Waals surface area contributed by atoms with Gasteiger partial charge in [-0.1, -0.05) is 43.5 Å². The third-order valence-corrected chi connectivity index (χ3v) is 4.41. The van der Waals surface area contributed by atoms with Gasteiger partial charge in [-0.15, -0.1) is 0 Å². The van der Waals surface area contributed by atoms with Crippen molar-refractivity contribution in [2.45, 2.75) is 44.7 Å². The van der Waals surface area contributed by atoms with Crippen LogP contribution in [0.25, 0.3) is 17.3 Å². The number of aliphatic imine (C=N–C) groups is 1. The summed E-state index contributed by atoms with van der Waals surface area (Å²) in [5, 5.41) is 0. The molecule has 0 spiro atoms. The molecular formula is C19H25N5. The van der Waals surface area contributed by atoms with Crippen LogP contribution in [-0.2, 0) is 6.54 Å². The Bertz CT molecular complexity index is 706. The molecule has 5 nitrogen and oxygen atoms in total. The van der Waals surface area contributed by atoms with E-state index in [4.69, 9.17) is 11.5 Å². The monoisotopic (exact) mass is 323 g/mol. The van der Waals surface area contributed by atoms with E-state index in [-0.39, 0.29) is 0 Å². The number of aromatic nitrogens is 2. The molecule has 1 aromatic carbocycles. The van der Waals surface area contributed by atoms with Crippen molar-refractivity contribution in [2.24, 2.45) is 16.5 Å². The van der Waals surface area contributed by atoms with Crippen molar-refractivity contribution in [2.75, 3.05) is 0 Å². The number of benzene rings is 1. The number of rotatable bonds is 5. The third kappa shape index (κ3) is 4.32. The second-order valence-electron chi connectivity index (χ2n) is 6.26. The predicted molar refractivity (Wildman–Crippen MR) is 99.4 cm³/mol. The minimum absolute atomic E-state index is 0.386. The zero-order valence-corrected chi connectivity index (χ0v) is 13.9. The van der Waals surface area contributed by atoms with Crippen molar-refractivity contribution in [1.29, 1.82) is 0 Å². The molecule has 0 bridgehead atoms. The smallest absolute Gasteiger partial charge is 0.130 e. The summed E-state index contributed by atoms with van der Waals surface area (Å²) >= 11 is 0. The largest absolute Gasteiger partial charge is 0.384 e. The Morgan fingerprint density at radius 1 is 1.21 bits per heavy atom. The van der Waals surface area contributed by atoms with Crippen molar-refractivity contribution in [3.8, 4) is 11.3 Å². The number of H-pyrrole nitrogens is 1. The van der Waals surface area contributed by atoms with Crippen molar-refractivity contribution >= 4 is 11.9 Å². The molecule has 0 unspecified atom stereocenters. The predicted octanol–water partition coefficient (Wildman–Crippen LogP) is 3.24. The quantitative estimate of drug-likeness (QED) is 0.582. The Labute approximate surface area is 142 Å². The van der Waals surface area contributed by atoms with Gasteiger partial charge in [-0.25, -0.2) is 4.98 Å². The van der Waals surface area contributed by atoms with Crippen LogP contribution in [0.2, 0.25) is 0 Å². The molecular weight excluding hydrogens is 298 g/mol. The van der Waals surface area contributed by atoms with Gasteiger partial charge >= 0.3 is 0 Å². The summed E-state index contributed by atoms with van der Waals surface area (Å²) in [7, 11) is 0. The van der Waals surface area contributed by atoms with Crippen LogP contribution in [0.1, 0.15) is 43.5 Å². The number of hydrogen-bond donors (Lipinski definition) is 3. The molecule has 5 heteroatoms. The van der Waals surface area contributed by atoms with Crippen molar-refractivity contribution in [3.05, 3.63) is 47.9 Å². The second-order valence-corrected chi connectivity index (χ2v) is 6.26. The minimum Gasteiger partial charge on any atom is -0.384 e. The lowest BCUT2D eigenvalue weighted by Crippen LogP contribution is -2.16. The van der Waals surface area contributed by atoms with E-state index in [0.717, 1.165) is 35.5 Å². The van der Waals surface area contributed by atoms with Gasteiger partial charge in [0.2, 0.25) is 0 Å². The van der Waals surface area contributed by atoms with Crippen molar-refractivity contribution in [1.82, 2.24) is 9.97 Å². The van der Waals surface area contributed by atoms with Gasteiger partial charge in [0.15, 0.2) is 0 Å². The van der Waals surface area contributed by atoms with Crippen LogP contribution in [0, 0.1) is 0 Å². The first-order valence-corrected chi connectivity index (χ1v) is 8.60. The van der Waals surface area contributed by atoms with Gasteiger partial charge in [-0.2, -0.15) is 0 Å². The standard InChI is InChI=1S/C19H25N5/c20-12-14-6-8-15(9-7-14)17-13-22-19(24-17)11-10-18(21)23-16-4-2-1-3-5-16/h6-11,13,16H,1-5,12,20H2,(H2,21,23)(H,22,24)/b11-10-. The molecule has 0 radical (unpaired) electrons. The number of nitrogens with one attached hydrogen (secondary N) is 1. The van der Waals surface area contributed by atoms with Crippen LogP contribution >= 0.6 is 0 Å². The highest BCUT2D eigenvalue weighted by molar-refractivity contribution is 5.94. The lowest BCUT2D eigenvalue weighted by molar-refractivity contribution is 0.443. The van der Waals surface area contributed by atoms with Gasteiger partial charge < -0.3 is 16.5 Å². The zero-order chi connectivity index (χ0) is 16.8. The van der Waals surface area contributed by atoms with Gasteiger partial charge in [-0.3, -0.25) is 4.99 Å². The third-order valence-electron chi connectivity index (χ3n) is 4.41. The topological polar surface area (TPSA) is 93.1 Å². The maximum absolute atomic E-state index is 6.01. The fourth-order valence-corrected chi connectivity index (χ4v) is 3.02. The Kier molecular flexibility index (Phi) is 5.43. The summed E-state index contributed by atoms with van der Waals surface area (Å²) in [4.78, 5) is 12.3. The molecule has 0 atom stereocenters. The summed E-state index contributed by atoms with van der Waals surface area (Å²) in [6.45, 7) is 0.552. The number of nitrogens with two attached hydrogens (primary N) is 2. The summed E-state index contributed by atoms with van der Waals surface area (Å²) < 4.78 is 0. The van der Waals surface area contributed by atoms with E-state index in [2.05, 4.69) is 15.0 Å². The van der Waals surface area contributed by atoms with Crippen molar-refractivity contribution < 1.29 is 0 Å². The normalized spacial score (nSPS) is 16.8. The molecule has 1 aliphatic rings. The number of imidazole rings is 1. The molecule has 0 saturated heterocycles. The summed E-state index contributed by atoms with van der Waals surface area (Å²) in [5.41, 5.74) is 14.8. The second kappa shape index (κ2) is 7.93. The molecule has 2 aromatic rings. The van der Waals surface area contributed by atoms with E-state index in [1.54, 1.807) is 0 Å². The molecule has 3 rings (SSSR count). The summed E-state index contributed by atoms with van der Waals surface area (Å²) in [6, 6.07) is 8.53. The molecule has 24 heavy (non-hydrogen) atoms. The molecule has 1 saturated carbocycles. The van der Waals surface area contributed by atoms with Gasteiger partial charge in [0.25, 0.3) is 0 Å². The molecule has 0 aliphatic heterocycles. The Hall–Kier alpha value is -2.40.